The molecule has 0 spiro atoms. The highest BCUT2D eigenvalue weighted by Gasteiger charge is 2.21. The number of hydrogen-bond acceptors (Lipinski definition) is 5. The molecule has 0 amide bonds. The van der Waals surface area contributed by atoms with Crippen LogP contribution in [0.4, 0.5) is 0 Å². The number of morpholine rings is 1. The molecule has 1 aliphatic heterocycles. The topological polar surface area (TPSA) is 40.2 Å². The van der Waals surface area contributed by atoms with Gasteiger partial charge in [0.2, 0.25) is 5.75 Å². The lowest BCUT2D eigenvalue weighted by Crippen LogP contribution is -2.45. The standard InChI is InChI=1S/C17H27NO4/c1-13-11-18(12-14(2)22-13)9-6-10-21-17-15(19-3)7-5-8-16(17)20-4/h5,7-8,13-14H,6,9-12H2,1-4H3/t13-,14-/m0/s1. The maximum atomic E-state index is 5.89. The molecule has 0 saturated carbocycles. The Labute approximate surface area is 133 Å². The Kier molecular flexibility index (Phi) is 6.34. The predicted molar refractivity (Wildman–Crippen MR) is 86.1 cm³/mol. The third-order valence-corrected chi connectivity index (χ3v) is 3.74. The van der Waals surface area contributed by atoms with Crippen LogP contribution in [0.3, 0.4) is 0 Å². The summed E-state index contributed by atoms with van der Waals surface area (Å²) in [6, 6.07) is 5.65. The van der Waals surface area contributed by atoms with Gasteiger partial charge in [-0.1, -0.05) is 6.07 Å². The van der Waals surface area contributed by atoms with E-state index < -0.39 is 0 Å². The lowest BCUT2D eigenvalue weighted by Gasteiger charge is -2.35. The summed E-state index contributed by atoms with van der Waals surface area (Å²) in [5, 5.41) is 0. The Hall–Kier alpha value is -1.46. The number of benzene rings is 1. The number of ether oxygens (including phenoxy) is 4. The van der Waals surface area contributed by atoms with Crippen LogP contribution < -0.4 is 14.2 Å². The molecule has 1 heterocycles. The van der Waals surface area contributed by atoms with Crippen LogP contribution in [0.2, 0.25) is 0 Å². The van der Waals surface area contributed by atoms with Crippen molar-refractivity contribution in [1.82, 2.24) is 4.90 Å². The number of rotatable bonds is 7. The van der Waals surface area contributed by atoms with Crippen LogP contribution in [0.15, 0.2) is 18.2 Å². The van der Waals surface area contributed by atoms with Gasteiger partial charge >= 0.3 is 0 Å². The van der Waals surface area contributed by atoms with Crippen molar-refractivity contribution in [3.05, 3.63) is 18.2 Å². The normalized spacial score (nSPS) is 22.4. The van der Waals surface area contributed by atoms with E-state index in [0.717, 1.165) is 26.1 Å². The van der Waals surface area contributed by atoms with Crippen LogP contribution in [0, 0.1) is 0 Å². The zero-order valence-corrected chi connectivity index (χ0v) is 14.0. The Morgan fingerprint density at radius 1 is 1.09 bits per heavy atom. The highest BCUT2D eigenvalue weighted by Crippen LogP contribution is 2.36. The first kappa shape index (κ1) is 16.9. The van der Waals surface area contributed by atoms with Crippen LogP contribution in [-0.2, 0) is 4.74 Å². The quantitative estimate of drug-likeness (QED) is 0.724. The molecule has 1 aliphatic rings. The molecule has 1 aromatic rings. The lowest BCUT2D eigenvalue weighted by molar-refractivity contribution is -0.0686. The maximum Gasteiger partial charge on any atom is 0.203 e. The van der Waals surface area contributed by atoms with E-state index in [0.29, 0.717) is 36.1 Å². The van der Waals surface area contributed by atoms with Crippen LogP contribution in [0.25, 0.3) is 0 Å². The van der Waals surface area contributed by atoms with E-state index in [4.69, 9.17) is 18.9 Å². The molecule has 1 saturated heterocycles. The van der Waals surface area contributed by atoms with E-state index in [9.17, 15) is 0 Å². The summed E-state index contributed by atoms with van der Waals surface area (Å²) in [7, 11) is 3.27. The van der Waals surface area contributed by atoms with E-state index in [1.165, 1.54) is 0 Å². The monoisotopic (exact) mass is 309 g/mol. The molecule has 22 heavy (non-hydrogen) atoms. The minimum atomic E-state index is 0.305. The summed E-state index contributed by atoms with van der Waals surface area (Å²) < 4.78 is 22.3. The van der Waals surface area contributed by atoms with Crippen LogP contribution in [-0.4, -0.2) is 57.6 Å². The van der Waals surface area contributed by atoms with Crippen molar-refractivity contribution < 1.29 is 18.9 Å². The molecule has 2 rings (SSSR count). The highest BCUT2D eigenvalue weighted by atomic mass is 16.5. The van der Waals surface area contributed by atoms with Gasteiger partial charge in [-0.3, -0.25) is 4.90 Å². The molecular weight excluding hydrogens is 282 g/mol. The summed E-state index contributed by atoms with van der Waals surface area (Å²) in [6.07, 6.45) is 1.57. The lowest BCUT2D eigenvalue weighted by atomic mass is 10.2. The average molecular weight is 309 g/mol. The average Bonchev–Trinajstić information content (AvgIpc) is 2.50. The van der Waals surface area contributed by atoms with Crippen LogP contribution in [0.1, 0.15) is 20.3 Å². The summed E-state index contributed by atoms with van der Waals surface area (Å²) in [5.74, 6) is 2.08. The third-order valence-electron chi connectivity index (χ3n) is 3.74. The fraction of sp³-hybridized carbons (Fsp3) is 0.647. The van der Waals surface area contributed by atoms with E-state index in [2.05, 4.69) is 18.7 Å². The Morgan fingerprint density at radius 3 is 2.23 bits per heavy atom. The van der Waals surface area contributed by atoms with Crippen molar-refractivity contribution in [2.45, 2.75) is 32.5 Å². The smallest absolute Gasteiger partial charge is 0.203 e. The van der Waals surface area contributed by atoms with Crippen molar-refractivity contribution in [3.8, 4) is 17.2 Å². The number of nitrogens with zero attached hydrogens (tertiary/aromatic N) is 1. The first-order valence-electron chi connectivity index (χ1n) is 7.85. The van der Waals surface area contributed by atoms with Crippen molar-refractivity contribution in [3.63, 3.8) is 0 Å². The van der Waals surface area contributed by atoms with Gasteiger partial charge in [-0.25, -0.2) is 0 Å². The Balaban J connectivity index is 1.81. The number of methoxy groups -OCH3 is 2. The number of para-hydroxylation sites is 1. The fourth-order valence-corrected chi connectivity index (χ4v) is 2.89. The van der Waals surface area contributed by atoms with Gasteiger partial charge in [-0.2, -0.15) is 0 Å². The summed E-state index contributed by atoms with van der Waals surface area (Å²) >= 11 is 0. The Bertz CT molecular complexity index is 434. The summed E-state index contributed by atoms with van der Waals surface area (Å²) in [5.41, 5.74) is 0. The first-order valence-corrected chi connectivity index (χ1v) is 7.85. The molecule has 0 bridgehead atoms. The molecular formula is C17H27NO4. The van der Waals surface area contributed by atoms with Gasteiger partial charge in [0, 0.05) is 19.6 Å². The van der Waals surface area contributed by atoms with Crippen LogP contribution >= 0.6 is 0 Å². The molecule has 5 heteroatoms. The second-order valence-electron chi connectivity index (χ2n) is 5.71. The van der Waals surface area contributed by atoms with Gasteiger partial charge < -0.3 is 18.9 Å². The molecule has 0 aliphatic carbocycles. The molecule has 1 fully saturated rings. The van der Waals surface area contributed by atoms with Crippen LogP contribution in [0.5, 0.6) is 17.2 Å². The zero-order valence-electron chi connectivity index (χ0n) is 14.0. The van der Waals surface area contributed by atoms with Gasteiger partial charge in [-0.15, -0.1) is 0 Å². The van der Waals surface area contributed by atoms with Gasteiger partial charge in [0.15, 0.2) is 11.5 Å². The van der Waals surface area contributed by atoms with E-state index in [1.54, 1.807) is 14.2 Å². The van der Waals surface area contributed by atoms with Gasteiger partial charge in [-0.05, 0) is 32.4 Å². The molecule has 5 nitrogen and oxygen atoms in total. The zero-order chi connectivity index (χ0) is 15.9. The second kappa shape index (κ2) is 8.25. The highest BCUT2D eigenvalue weighted by molar-refractivity contribution is 5.51. The number of hydrogen-bond donors (Lipinski definition) is 0. The van der Waals surface area contributed by atoms with Gasteiger partial charge in [0.25, 0.3) is 0 Å². The molecule has 0 radical (unpaired) electrons. The van der Waals surface area contributed by atoms with Crippen molar-refractivity contribution in [2.24, 2.45) is 0 Å². The Morgan fingerprint density at radius 2 is 1.68 bits per heavy atom. The first-order chi connectivity index (χ1) is 10.6. The molecule has 0 N–H and O–H groups in total. The fourth-order valence-electron chi connectivity index (χ4n) is 2.89. The largest absolute Gasteiger partial charge is 0.493 e. The molecule has 2 atom stereocenters. The van der Waals surface area contributed by atoms with Crippen molar-refractivity contribution in [1.29, 1.82) is 0 Å². The van der Waals surface area contributed by atoms with Crippen molar-refractivity contribution in [2.75, 3.05) is 40.5 Å². The third kappa shape index (κ3) is 4.52. The van der Waals surface area contributed by atoms with Crippen molar-refractivity contribution >= 4 is 0 Å². The van der Waals surface area contributed by atoms with Gasteiger partial charge in [0.05, 0.1) is 33.0 Å². The predicted octanol–water partition coefficient (Wildman–Crippen LogP) is 2.58. The summed E-state index contributed by atoms with van der Waals surface area (Å²) in [4.78, 5) is 2.43. The van der Waals surface area contributed by atoms with Gasteiger partial charge in [0.1, 0.15) is 0 Å². The SMILES string of the molecule is COc1cccc(OC)c1OCCCN1C[C@H](C)O[C@@H](C)C1. The minimum Gasteiger partial charge on any atom is -0.493 e. The molecule has 1 aromatic carbocycles. The van der Waals surface area contributed by atoms with E-state index >= 15 is 0 Å². The van der Waals surface area contributed by atoms with E-state index in [1.807, 2.05) is 18.2 Å². The molecule has 0 unspecified atom stereocenters. The van der Waals surface area contributed by atoms with E-state index in [-0.39, 0.29) is 0 Å². The molecule has 124 valence electrons. The minimum absolute atomic E-state index is 0.305. The summed E-state index contributed by atoms with van der Waals surface area (Å²) in [6.45, 7) is 7.87. The molecule has 0 aromatic heterocycles. The maximum absolute atomic E-state index is 5.89. The second-order valence-corrected chi connectivity index (χ2v) is 5.71.